The number of carbonyl (C=O) groups is 2. The zero-order chi connectivity index (χ0) is 21.4. The average Bonchev–Trinajstić information content (AvgIpc) is 3.49. The van der Waals surface area contributed by atoms with Gasteiger partial charge in [-0.05, 0) is 24.1 Å². The van der Waals surface area contributed by atoms with Crippen molar-refractivity contribution in [3.05, 3.63) is 58.9 Å². The summed E-state index contributed by atoms with van der Waals surface area (Å²) in [6, 6.07) is 8.18. The van der Waals surface area contributed by atoms with Crippen LogP contribution in [0, 0.1) is 0 Å². The Morgan fingerprint density at radius 1 is 1.29 bits per heavy atom. The number of benzene rings is 1. The number of aromatic nitrogens is 3. The van der Waals surface area contributed by atoms with E-state index in [1.807, 2.05) is 35.7 Å². The molecule has 4 heterocycles. The number of anilines is 2. The molecule has 8 nitrogen and oxygen atoms in total. The van der Waals surface area contributed by atoms with E-state index in [1.54, 1.807) is 10.9 Å². The van der Waals surface area contributed by atoms with Gasteiger partial charge in [0, 0.05) is 68.7 Å². The second kappa shape index (κ2) is 8.24. The van der Waals surface area contributed by atoms with Gasteiger partial charge < -0.3 is 10.2 Å². The highest BCUT2D eigenvalue weighted by atomic mass is 32.1. The van der Waals surface area contributed by atoms with Crippen LogP contribution in [0.5, 0.6) is 0 Å². The Morgan fingerprint density at radius 3 is 2.84 bits per heavy atom. The van der Waals surface area contributed by atoms with Gasteiger partial charge in [0.05, 0.1) is 11.6 Å². The zero-order valence-corrected chi connectivity index (χ0v) is 18.1. The summed E-state index contributed by atoms with van der Waals surface area (Å²) in [5, 5.41) is 9.93. The molecule has 0 radical (unpaired) electrons. The molecule has 0 bridgehead atoms. The van der Waals surface area contributed by atoms with Crippen molar-refractivity contribution in [3.63, 3.8) is 0 Å². The Labute approximate surface area is 184 Å². The van der Waals surface area contributed by atoms with Crippen molar-refractivity contribution in [3.8, 4) is 0 Å². The molecular weight excluding hydrogens is 412 g/mol. The monoisotopic (exact) mass is 436 g/mol. The summed E-state index contributed by atoms with van der Waals surface area (Å²) in [7, 11) is 1.89. The molecule has 0 unspecified atom stereocenters. The van der Waals surface area contributed by atoms with Gasteiger partial charge in [0.2, 0.25) is 11.8 Å². The lowest BCUT2D eigenvalue weighted by molar-refractivity contribution is -0.118. The second-order valence-electron chi connectivity index (χ2n) is 8.08. The van der Waals surface area contributed by atoms with Crippen molar-refractivity contribution in [2.45, 2.75) is 31.8 Å². The summed E-state index contributed by atoms with van der Waals surface area (Å²) < 4.78 is 1.78. The van der Waals surface area contributed by atoms with E-state index in [0.29, 0.717) is 18.1 Å². The van der Waals surface area contributed by atoms with Gasteiger partial charge in [0.1, 0.15) is 0 Å². The molecule has 3 aromatic rings. The Bertz CT molecular complexity index is 1090. The average molecular weight is 437 g/mol. The van der Waals surface area contributed by atoms with E-state index in [9.17, 15) is 9.59 Å². The maximum absolute atomic E-state index is 13.0. The van der Waals surface area contributed by atoms with Crippen molar-refractivity contribution < 1.29 is 9.59 Å². The van der Waals surface area contributed by atoms with Crippen LogP contribution >= 0.6 is 11.3 Å². The molecule has 0 spiro atoms. The Hall–Kier alpha value is -3.04. The van der Waals surface area contributed by atoms with Crippen LogP contribution in [0.3, 0.4) is 0 Å². The number of rotatable bonds is 5. The van der Waals surface area contributed by atoms with E-state index in [1.165, 1.54) is 11.3 Å². The summed E-state index contributed by atoms with van der Waals surface area (Å²) in [5.74, 6) is -0.236. The van der Waals surface area contributed by atoms with E-state index in [-0.39, 0.29) is 17.7 Å². The first kappa shape index (κ1) is 19.9. The number of hydrogen-bond acceptors (Lipinski definition) is 6. The first-order valence-corrected chi connectivity index (χ1v) is 11.3. The SMILES string of the molecule is Cn1cc2c(n1)[C@H](C(=O)Nc1nccs1)CN(Cc1ccc(N3CCCC3=O)cc1)C2. The standard InChI is InChI=1S/C22H24N6O2S/c1-26-12-16-13-27(11-15-4-6-17(7-5-15)28-9-2-3-19(28)29)14-18(20(16)25-26)21(30)24-22-23-8-10-31-22/h4-8,10,12,18H,2-3,9,11,13-14H2,1H3,(H,23,24,30)/t18-/m1/s1. The molecule has 160 valence electrons. The van der Waals surface area contributed by atoms with Crippen molar-refractivity contribution in [1.82, 2.24) is 19.7 Å². The lowest BCUT2D eigenvalue weighted by Crippen LogP contribution is -2.38. The first-order chi connectivity index (χ1) is 15.1. The van der Waals surface area contributed by atoms with E-state index in [0.717, 1.165) is 48.6 Å². The maximum atomic E-state index is 13.0. The summed E-state index contributed by atoms with van der Waals surface area (Å²) >= 11 is 1.41. The van der Waals surface area contributed by atoms with Crippen LogP contribution in [-0.2, 0) is 29.7 Å². The molecule has 1 N–H and O–H groups in total. The number of hydrogen-bond donors (Lipinski definition) is 1. The van der Waals surface area contributed by atoms with Crippen LogP contribution in [0.1, 0.15) is 35.6 Å². The van der Waals surface area contributed by atoms with Gasteiger partial charge in [-0.15, -0.1) is 11.3 Å². The number of fused-ring (bicyclic) bond motifs is 1. The summed E-state index contributed by atoms with van der Waals surface area (Å²) in [4.78, 5) is 33.3. The van der Waals surface area contributed by atoms with Crippen LogP contribution in [0.4, 0.5) is 10.8 Å². The third-order valence-electron chi connectivity index (χ3n) is 5.81. The minimum atomic E-state index is -0.352. The number of amides is 2. The fourth-order valence-electron chi connectivity index (χ4n) is 4.39. The van der Waals surface area contributed by atoms with Gasteiger partial charge in [-0.3, -0.25) is 19.2 Å². The van der Waals surface area contributed by atoms with Crippen molar-refractivity contribution in [2.24, 2.45) is 7.05 Å². The normalized spacial score (nSPS) is 18.9. The molecule has 2 aliphatic heterocycles. The van der Waals surface area contributed by atoms with Gasteiger partial charge in [-0.2, -0.15) is 5.10 Å². The molecule has 0 aliphatic carbocycles. The number of aryl methyl sites for hydroxylation is 1. The van der Waals surface area contributed by atoms with Crippen molar-refractivity contribution in [1.29, 1.82) is 0 Å². The van der Waals surface area contributed by atoms with Crippen LogP contribution in [0.25, 0.3) is 0 Å². The molecular formula is C22H24N6O2S. The molecule has 1 atom stereocenters. The van der Waals surface area contributed by atoms with Gasteiger partial charge in [-0.1, -0.05) is 12.1 Å². The predicted octanol–water partition coefficient (Wildman–Crippen LogP) is 2.74. The van der Waals surface area contributed by atoms with Crippen molar-refractivity contribution in [2.75, 3.05) is 23.3 Å². The highest BCUT2D eigenvalue weighted by Gasteiger charge is 2.33. The maximum Gasteiger partial charge on any atom is 0.236 e. The number of nitrogens with one attached hydrogen (secondary N) is 1. The minimum absolute atomic E-state index is 0.0810. The van der Waals surface area contributed by atoms with Gasteiger partial charge in [-0.25, -0.2) is 4.98 Å². The molecule has 2 aliphatic rings. The highest BCUT2D eigenvalue weighted by molar-refractivity contribution is 7.13. The summed E-state index contributed by atoms with van der Waals surface area (Å²) in [5.41, 5.74) is 4.03. The number of carbonyl (C=O) groups excluding carboxylic acids is 2. The van der Waals surface area contributed by atoms with Crippen molar-refractivity contribution >= 4 is 34.0 Å². The minimum Gasteiger partial charge on any atom is -0.312 e. The largest absolute Gasteiger partial charge is 0.312 e. The predicted molar refractivity (Wildman–Crippen MR) is 119 cm³/mol. The molecule has 2 amide bonds. The Kier molecular flexibility index (Phi) is 5.29. The van der Waals surface area contributed by atoms with E-state index in [2.05, 4.69) is 32.4 Å². The van der Waals surface area contributed by atoms with Crippen LogP contribution < -0.4 is 10.2 Å². The summed E-state index contributed by atoms with van der Waals surface area (Å²) in [6.07, 6.45) is 5.23. The van der Waals surface area contributed by atoms with Gasteiger partial charge in [0.15, 0.2) is 5.13 Å². The fourth-order valence-corrected chi connectivity index (χ4v) is 4.92. The third-order valence-corrected chi connectivity index (χ3v) is 6.50. The number of nitrogens with zero attached hydrogens (tertiary/aromatic N) is 5. The quantitative estimate of drug-likeness (QED) is 0.665. The van der Waals surface area contributed by atoms with Crippen LogP contribution in [-0.4, -0.2) is 44.6 Å². The molecule has 1 aromatic carbocycles. The Balaban J connectivity index is 1.32. The molecule has 31 heavy (non-hydrogen) atoms. The van der Waals surface area contributed by atoms with Crippen LogP contribution in [0.2, 0.25) is 0 Å². The van der Waals surface area contributed by atoms with Gasteiger partial charge in [0.25, 0.3) is 0 Å². The second-order valence-corrected chi connectivity index (χ2v) is 8.97. The highest BCUT2D eigenvalue weighted by Crippen LogP contribution is 2.30. The summed E-state index contributed by atoms with van der Waals surface area (Å²) in [6.45, 7) is 2.86. The van der Waals surface area contributed by atoms with E-state index >= 15 is 0 Å². The smallest absolute Gasteiger partial charge is 0.236 e. The van der Waals surface area contributed by atoms with E-state index in [4.69, 9.17) is 0 Å². The molecule has 5 rings (SSSR count). The van der Waals surface area contributed by atoms with Gasteiger partial charge >= 0.3 is 0 Å². The fraction of sp³-hybridized carbons (Fsp3) is 0.364. The molecule has 9 heteroatoms. The van der Waals surface area contributed by atoms with Crippen LogP contribution in [0.15, 0.2) is 42.0 Å². The number of thiazole rings is 1. The molecule has 1 saturated heterocycles. The third kappa shape index (κ3) is 4.11. The Morgan fingerprint density at radius 2 is 2.13 bits per heavy atom. The topological polar surface area (TPSA) is 83.4 Å². The first-order valence-electron chi connectivity index (χ1n) is 10.4. The molecule has 0 saturated carbocycles. The molecule has 1 fully saturated rings. The zero-order valence-electron chi connectivity index (χ0n) is 17.3. The van der Waals surface area contributed by atoms with E-state index < -0.39 is 0 Å². The lowest BCUT2D eigenvalue weighted by Gasteiger charge is -2.31. The lowest BCUT2D eigenvalue weighted by atomic mass is 9.95. The molecule has 2 aromatic heterocycles.